The van der Waals surface area contributed by atoms with Crippen molar-refractivity contribution in [1.82, 2.24) is 0 Å². The number of carboxylic acids is 2. The van der Waals surface area contributed by atoms with Crippen molar-refractivity contribution in [2.24, 2.45) is 0 Å². The summed E-state index contributed by atoms with van der Waals surface area (Å²) in [7, 11) is 0. The van der Waals surface area contributed by atoms with Crippen LogP contribution in [-0.2, 0) is 11.8 Å². The Bertz CT molecular complexity index is 985. The maximum absolute atomic E-state index is 13.8. The summed E-state index contributed by atoms with van der Waals surface area (Å²) in [5.74, 6) is -15.8. The van der Waals surface area contributed by atoms with Crippen LogP contribution in [0.25, 0.3) is 11.1 Å². The van der Waals surface area contributed by atoms with Gasteiger partial charge in [-0.3, -0.25) is 0 Å². The minimum Gasteiger partial charge on any atom is -0.478 e. The van der Waals surface area contributed by atoms with Gasteiger partial charge in [-0.2, -0.15) is 43.9 Å². The number of halogens is 10. The zero-order chi connectivity index (χ0) is 24.9. The Hall–Kier alpha value is -3.32. The van der Waals surface area contributed by atoms with Crippen LogP contribution in [0.5, 0.6) is 0 Å². The molecule has 0 radical (unpaired) electrons. The molecule has 14 heteroatoms. The van der Waals surface area contributed by atoms with E-state index in [9.17, 15) is 53.5 Å². The lowest BCUT2D eigenvalue weighted by molar-refractivity contribution is -0.289. The van der Waals surface area contributed by atoms with Gasteiger partial charge in [-0.05, 0) is 35.4 Å². The number of rotatable bonds is 5. The van der Waals surface area contributed by atoms with E-state index in [1.54, 1.807) is 0 Å². The second kappa shape index (κ2) is 7.67. The smallest absolute Gasteiger partial charge is 0.458 e. The number of carboxylic acid groups (broad SMARTS) is 2. The van der Waals surface area contributed by atoms with Gasteiger partial charge in [0.15, 0.2) is 0 Å². The highest BCUT2D eigenvalue weighted by Crippen LogP contribution is 2.48. The third-order valence-electron chi connectivity index (χ3n) is 4.22. The molecule has 0 saturated heterocycles. The SMILES string of the molecule is O=C(O)c1ccc(-c2ccc(C(=O)O)c(C(F)(F)C(F)(F)F)c2)cc1C(F)(F)C(F)(F)F. The monoisotopic (exact) mass is 478 g/mol. The largest absolute Gasteiger partial charge is 0.478 e. The van der Waals surface area contributed by atoms with Crippen molar-refractivity contribution in [3.05, 3.63) is 58.7 Å². The second-order valence-electron chi connectivity index (χ2n) is 6.28. The van der Waals surface area contributed by atoms with Crippen molar-refractivity contribution in [3.8, 4) is 11.1 Å². The van der Waals surface area contributed by atoms with E-state index in [2.05, 4.69) is 0 Å². The molecule has 0 bridgehead atoms. The van der Waals surface area contributed by atoms with Crippen LogP contribution in [0.4, 0.5) is 43.9 Å². The predicted molar refractivity (Wildman–Crippen MR) is 85.7 cm³/mol. The van der Waals surface area contributed by atoms with Crippen LogP contribution in [0.2, 0.25) is 0 Å². The quantitative estimate of drug-likeness (QED) is 0.513. The Kier molecular flexibility index (Phi) is 5.98. The first-order chi connectivity index (χ1) is 14.3. The van der Waals surface area contributed by atoms with Gasteiger partial charge in [0.1, 0.15) is 0 Å². The first-order valence-electron chi connectivity index (χ1n) is 7.97. The van der Waals surface area contributed by atoms with E-state index in [0.717, 1.165) is 0 Å². The molecule has 2 aromatic carbocycles. The van der Waals surface area contributed by atoms with Crippen molar-refractivity contribution < 1.29 is 63.7 Å². The van der Waals surface area contributed by atoms with Gasteiger partial charge < -0.3 is 10.2 Å². The number of hydrogen-bond acceptors (Lipinski definition) is 2. The lowest BCUT2D eigenvalue weighted by atomic mass is 9.92. The molecule has 2 N–H and O–H groups in total. The van der Waals surface area contributed by atoms with Crippen LogP contribution in [0, 0.1) is 0 Å². The summed E-state index contributed by atoms with van der Waals surface area (Å²) in [6, 6.07) is 1.65. The van der Waals surface area contributed by atoms with Crippen LogP contribution >= 0.6 is 0 Å². The highest BCUT2D eigenvalue weighted by Gasteiger charge is 2.61. The average molecular weight is 478 g/mol. The fraction of sp³-hybridized carbons (Fsp3) is 0.222. The van der Waals surface area contributed by atoms with Crippen molar-refractivity contribution in [1.29, 1.82) is 0 Å². The van der Waals surface area contributed by atoms with E-state index in [1.807, 2.05) is 0 Å². The molecule has 2 rings (SSSR count). The summed E-state index contributed by atoms with van der Waals surface area (Å²) >= 11 is 0. The lowest BCUT2D eigenvalue weighted by Gasteiger charge is -2.23. The third kappa shape index (κ3) is 4.21. The molecule has 0 spiro atoms. The molecule has 0 atom stereocenters. The van der Waals surface area contributed by atoms with E-state index in [0.29, 0.717) is 12.1 Å². The number of aromatic carboxylic acids is 2. The Labute approximate surface area is 170 Å². The molecular formula is C18H8F10O4. The Balaban J connectivity index is 2.82. The molecule has 0 heterocycles. The number of alkyl halides is 10. The van der Waals surface area contributed by atoms with Gasteiger partial charge in [0, 0.05) is 11.1 Å². The Morgan fingerprint density at radius 2 is 0.844 bits per heavy atom. The fourth-order valence-corrected chi connectivity index (χ4v) is 2.65. The molecule has 0 aliphatic heterocycles. The highest BCUT2D eigenvalue weighted by atomic mass is 19.4. The number of hydrogen-bond donors (Lipinski definition) is 2. The van der Waals surface area contributed by atoms with E-state index in [1.165, 1.54) is 0 Å². The van der Waals surface area contributed by atoms with Crippen LogP contribution in [-0.4, -0.2) is 34.5 Å². The molecule has 0 aromatic heterocycles. The summed E-state index contributed by atoms with van der Waals surface area (Å²) in [5, 5.41) is 17.8. The second-order valence-corrected chi connectivity index (χ2v) is 6.28. The summed E-state index contributed by atoms with van der Waals surface area (Å²) in [6.45, 7) is 0. The Morgan fingerprint density at radius 1 is 0.562 bits per heavy atom. The molecule has 4 nitrogen and oxygen atoms in total. The van der Waals surface area contributed by atoms with Gasteiger partial charge in [0.25, 0.3) is 0 Å². The summed E-state index contributed by atoms with van der Waals surface area (Å²) in [5.41, 5.74) is -8.80. The Morgan fingerprint density at radius 3 is 1.06 bits per heavy atom. The maximum Gasteiger partial charge on any atom is 0.458 e. The minimum absolute atomic E-state index is 0.0395. The molecule has 32 heavy (non-hydrogen) atoms. The standard InChI is InChI=1S/C18H8F10O4/c19-15(20,17(23,24)25)11-5-7(1-3-9(11)13(29)30)8-2-4-10(14(31)32)12(6-8)16(21,22)18(26,27)28/h1-6H,(H,29,30)(H,31,32). The first kappa shape index (κ1) is 24.9. The zero-order valence-electron chi connectivity index (χ0n) is 15.0. The topological polar surface area (TPSA) is 74.6 Å². The van der Waals surface area contributed by atoms with E-state index in [-0.39, 0.29) is 24.3 Å². The molecule has 2 aromatic rings. The molecule has 0 saturated carbocycles. The number of carbonyl (C=O) groups is 2. The summed E-state index contributed by atoms with van der Waals surface area (Å²) in [6.07, 6.45) is -12.5. The lowest BCUT2D eigenvalue weighted by Crippen LogP contribution is -2.35. The molecular weight excluding hydrogens is 470 g/mol. The first-order valence-corrected chi connectivity index (χ1v) is 7.97. The van der Waals surface area contributed by atoms with Gasteiger partial charge in [-0.25, -0.2) is 9.59 Å². The normalized spacial score (nSPS) is 13.2. The van der Waals surface area contributed by atoms with Crippen LogP contribution in [0.1, 0.15) is 31.8 Å². The van der Waals surface area contributed by atoms with Crippen molar-refractivity contribution in [3.63, 3.8) is 0 Å². The van der Waals surface area contributed by atoms with Gasteiger partial charge in [0.2, 0.25) is 0 Å². The fourth-order valence-electron chi connectivity index (χ4n) is 2.65. The highest BCUT2D eigenvalue weighted by molar-refractivity contribution is 5.92. The van der Waals surface area contributed by atoms with Crippen LogP contribution in [0.15, 0.2) is 36.4 Å². The van der Waals surface area contributed by atoms with Crippen molar-refractivity contribution >= 4 is 11.9 Å². The maximum atomic E-state index is 13.8. The molecule has 0 aliphatic carbocycles. The van der Waals surface area contributed by atoms with Gasteiger partial charge in [0.05, 0.1) is 11.1 Å². The van der Waals surface area contributed by atoms with Crippen LogP contribution < -0.4 is 0 Å². The molecule has 0 unspecified atom stereocenters. The molecule has 174 valence electrons. The van der Waals surface area contributed by atoms with Gasteiger partial charge in [-0.1, -0.05) is 12.1 Å². The van der Waals surface area contributed by atoms with Crippen molar-refractivity contribution in [2.45, 2.75) is 24.2 Å². The molecule has 0 aliphatic rings. The van der Waals surface area contributed by atoms with Crippen LogP contribution in [0.3, 0.4) is 0 Å². The summed E-state index contributed by atoms with van der Waals surface area (Å²) in [4.78, 5) is 22.1. The van der Waals surface area contributed by atoms with Gasteiger partial charge >= 0.3 is 36.1 Å². The number of benzene rings is 2. The molecule has 0 amide bonds. The zero-order valence-corrected chi connectivity index (χ0v) is 15.0. The van der Waals surface area contributed by atoms with E-state index >= 15 is 0 Å². The van der Waals surface area contributed by atoms with E-state index < -0.39 is 69.5 Å². The predicted octanol–water partition coefficient (Wildman–Crippen LogP) is 6.06. The third-order valence-corrected chi connectivity index (χ3v) is 4.22. The molecule has 0 fully saturated rings. The minimum atomic E-state index is -6.27. The van der Waals surface area contributed by atoms with E-state index in [4.69, 9.17) is 10.2 Å². The average Bonchev–Trinajstić information content (AvgIpc) is 2.65. The van der Waals surface area contributed by atoms with Crippen molar-refractivity contribution in [2.75, 3.05) is 0 Å². The summed E-state index contributed by atoms with van der Waals surface area (Å²) < 4.78 is 132. The van der Waals surface area contributed by atoms with Gasteiger partial charge in [-0.15, -0.1) is 0 Å².